The maximum absolute atomic E-state index is 6.24. The van der Waals surface area contributed by atoms with Crippen molar-refractivity contribution in [2.45, 2.75) is 6.54 Å². The lowest BCUT2D eigenvalue weighted by molar-refractivity contribution is -0.453. The van der Waals surface area contributed by atoms with Crippen LogP contribution in [0.5, 0.6) is 0 Å². The molecule has 4 heteroatoms. The van der Waals surface area contributed by atoms with Gasteiger partial charge in [0.25, 0.3) is 5.84 Å². The van der Waals surface area contributed by atoms with Crippen LogP contribution in [0.1, 0.15) is 11.1 Å². The van der Waals surface area contributed by atoms with Gasteiger partial charge < -0.3 is 0 Å². The second-order valence-electron chi connectivity index (χ2n) is 4.20. The highest BCUT2D eigenvalue weighted by Gasteiger charge is 2.27. The first-order valence-corrected chi connectivity index (χ1v) is 6.36. The van der Waals surface area contributed by atoms with Crippen LogP contribution in [0.3, 0.4) is 0 Å². The molecule has 1 aliphatic rings. The number of nitrogens with two attached hydrogens (primary N) is 1. The van der Waals surface area contributed by atoms with E-state index in [0.717, 1.165) is 23.6 Å². The lowest BCUT2D eigenvalue weighted by Crippen LogP contribution is -2.20. The minimum Gasteiger partial charge on any atom is -0.286 e. The molecule has 0 atom stereocenters. The molecule has 18 heavy (non-hydrogen) atoms. The van der Waals surface area contributed by atoms with Crippen molar-refractivity contribution in [3.8, 4) is 0 Å². The number of nitrogens with zero attached hydrogens (tertiary/aromatic N) is 1. The zero-order valence-corrected chi connectivity index (χ0v) is 11.0. The Hall–Kier alpha value is -1.51. The Kier molecular flexibility index (Phi) is 2.77. The van der Waals surface area contributed by atoms with Crippen LogP contribution < -0.4 is 5.73 Å². The lowest BCUT2D eigenvalue weighted by atomic mass is 10.1. The minimum absolute atomic E-state index is 0.537. The molecule has 2 aromatic carbocycles. The molecule has 90 valence electrons. The number of rotatable bonds is 1. The van der Waals surface area contributed by atoms with Gasteiger partial charge in [-0.1, -0.05) is 47.5 Å². The summed E-state index contributed by atoms with van der Waals surface area (Å²) in [4.78, 5) is 0. The number of hydrogen-bond acceptors (Lipinski definition) is 1. The van der Waals surface area contributed by atoms with E-state index >= 15 is 0 Å². The second-order valence-corrected chi connectivity index (χ2v) is 4.99. The number of benzene rings is 2. The van der Waals surface area contributed by atoms with Gasteiger partial charge in [-0.2, -0.15) is 0 Å². The number of fused-ring (bicyclic) bond motifs is 1. The molecule has 0 amide bonds. The minimum atomic E-state index is 0.537. The average Bonchev–Trinajstić information content (AvgIpc) is 2.71. The first kappa shape index (κ1) is 11.6. The van der Waals surface area contributed by atoms with E-state index in [4.69, 9.17) is 28.9 Å². The lowest BCUT2D eigenvalue weighted by Gasteiger charge is -2.06. The largest absolute Gasteiger partial charge is 0.286 e. The molecule has 2 nitrogen and oxygen atoms in total. The molecule has 0 aliphatic carbocycles. The molecular weight excluding hydrogens is 267 g/mol. The normalized spacial score (nSPS) is 13.9. The van der Waals surface area contributed by atoms with E-state index in [2.05, 4.69) is 6.07 Å². The molecule has 0 saturated carbocycles. The van der Waals surface area contributed by atoms with Gasteiger partial charge in [-0.05, 0) is 18.2 Å². The Morgan fingerprint density at radius 3 is 2.56 bits per heavy atom. The van der Waals surface area contributed by atoms with Gasteiger partial charge in [0.15, 0.2) is 0 Å². The van der Waals surface area contributed by atoms with Crippen molar-refractivity contribution in [1.82, 2.24) is 0 Å². The molecule has 0 unspecified atom stereocenters. The molecular formula is C14H11Cl2N2+. The van der Waals surface area contributed by atoms with Crippen molar-refractivity contribution in [2.24, 2.45) is 5.73 Å². The third-order valence-corrected chi connectivity index (χ3v) is 3.94. The van der Waals surface area contributed by atoms with E-state index in [0.29, 0.717) is 10.0 Å². The predicted octanol–water partition coefficient (Wildman–Crippen LogP) is 3.56. The van der Waals surface area contributed by atoms with Crippen LogP contribution in [0.15, 0.2) is 42.5 Å². The summed E-state index contributed by atoms with van der Waals surface area (Å²) >= 11 is 12.3. The Morgan fingerprint density at radius 2 is 1.78 bits per heavy atom. The van der Waals surface area contributed by atoms with E-state index in [1.165, 1.54) is 5.56 Å². The van der Waals surface area contributed by atoms with E-state index in [1.807, 2.05) is 34.9 Å². The third-order valence-electron chi connectivity index (χ3n) is 3.13. The van der Waals surface area contributed by atoms with Crippen molar-refractivity contribution in [1.29, 1.82) is 0 Å². The van der Waals surface area contributed by atoms with Crippen molar-refractivity contribution in [3.05, 3.63) is 63.6 Å². The summed E-state index contributed by atoms with van der Waals surface area (Å²) in [5, 5.41) is 1.08. The number of amidine groups is 1. The first-order chi connectivity index (χ1) is 8.68. The van der Waals surface area contributed by atoms with Gasteiger partial charge in [-0.15, -0.1) is 0 Å². The zero-order valence-electron chi connectivity index (χ0n) is 9.53. The summed E-state index contributed by atoms with van der Waals surface area (Å²) < 4.78 is 1.98. The van der Waals surface area contributed by atoms with Crippen LogP contribution in [0.4, 0.5) is 5.69 Å². The Balaban J connectivity index is 2.16. The summed E-state index contributed by atoms with van der Waals surface area (Å²) in [5.74, 6) is 0.717. The first-order valence-electron chi connectivity index (χ1n) is 5.61. The van der Waals surface area contributed by atoms with Gasteiger partial charge in [-0.25, -0.2) is 4.58 Å². The average molecular weight is 278 g/mol. The zero-order chi connectivity index (χ0) is 12.7. The fourth-order valence-electron chi connectivity index (χ4n) is 2.22. The van der Waals surface area contributed by atoms with E-state index in [1.54, 1.807) is 6.07 Å². The monoisotopic (exact) mass is 277 g/mol. The van der Waals surface area contributed by atoms with Gasteiger partial charge in [0.05, 0.1) is 10.6 Å². The van der Waals surface area contributed by atoms with Crippen molar-refractivity contribution < 1.29 is 4.58 Å². The topological polar surface area (TPSA) is 29.0 Å². The molecule has 0 saturated heterocycles. The molecule has 1 heterocycles. The fraction of sp³-hybridized carbons (Fsp3) is 0.0714. The molecule has 0 aromatic heterocycles. The van der Waals surface area contributed by atoms with Crippen molar-refractivity contribution >= 4 is 34.7 Å². The quantitative estimate of drug-likeness (QED) is 0.794. The molecule has 0 bridgehead atoms. The van der Waals surface area contributed by atoms with Crippen LogP contribution in [-0.2, 0) is 6.54 Å². The summed E-state index contributed by atoms with van der Waals surface area (Å²) in [7, 11) is 0. The fourth-order valence-corrected chi connectivity index (χ4v) is 2.62. The summed E-state index contributed by atoms with van der Waals surface area (Å²) in [5.41, 5.74) is 9.29. The Morgan fingerprint density at radius 1 is 1.00 bits per heavy atom. The molecule has 0 fully saturated rings. The molecule has 2 N–H and O–H groups in total. The molecule has 2 aromatic rings. The predicted molar refractivity (Wildman–Crippen MR) is 74.8 cm³/mol. The Bertz CT molecular complexity index is 663. The molecule has 3 rings (SSSR count). The molecule has 1 aliphatic heterocycles. The van der Waals surface area contributed by atoms with Crippen molar-refractivity contribution in [2.75, 3.05) is 0 Å². The van der Waals surface area contributed by atoms with E-state index in [-0.39, 0.29) is 0 Å². The number of hydrogen-bond donors (Lipinski definition) is 1. The van der Waals surface area contributed by atoms with Crippen molar-refractivity contribution in [3.63, 3.8) is 0 Å². The summed E-state index contributed by atoms with van der Waals surface area (Å²) in [6.07, 6.45) is 0. The van der Waals surface area contributed by atoms with Gasteiger partial charge in [0.2, 0.25) is 0 Å². The number of halogens is 2. The highest BCUT2D eigenvalue weighted by atomic mass is 35.5. The van der Waals surface area contributed by atoms with Crippen LogP contribution in [0.25, 0.3) is 0 Å². The highest BCUT2D eigenvalue weighted by molar-refractivity contribution is 6.43. The summed E-state index contributed by atoms with van der Waals surface area (Å²) in [6, 6.07) is 13.6. The highest BCUT2D eigenvalue weighted by Crippen LogP contribution is 2.34. The van der Waals surface area contributed by atoms with Gasteiger partial charge in [0.1, 0.15) is 17.3 Å². The smallest absolute Gasteiger partial charge is 0.280 e. The second kappa shape index (κ2) is 4.30. The summed E-state index contributed by atoms with van der Waals surface area (Å²) in [6.45, 7) is 0.724. The standard InChI is InChI=1S/C14H10Cl2N2/c15-11-6-3-7-12(13(11)16)18-8-9-4-1-2-5-10(9)14(18)17/h1-7,17H,8H2/p+1. The van der Waals surface area contributed by atoms with Crippen LogP contribution in [0.2, 0.25) is 10.0 Å². The van der Waals surface area contributed by atoms with Gasteiger partial charge >= 0.3 is 0 Å². The SMILES string of the molecule is NC1=[N+](c2cccc(Cl)c2Cl)Cc2ccccc21. The van der Waals surface area contributed by atoms with Gasteiger partial charge in [0, 0.05) is 5.56 Å². The third kappa shape index (κ3) is 1.69. The molecule has 0 spiro atoms. The maximum Gasteiger partial charge on any atom is 0.280 e. The van der Waals surface area contributed by atoms with E-state index < -0.39 is 0 Å². The maximum atomic E-state index is 6.24. The van der Waals surface area contributed by atoms with Crippen LogP contribution >= 0.6 is 23.2 Å². The van der Waals surface area contributed by atoms with Gasteiger partial charge in [-0.3, -0.25) is 5.73 Å². The molecule has 0 radical (unpaired) electrons. The van der Waals surface area contributed by atoms with E-state index in [9.17, 15) is 0 Å². The van der Waals surface area contributed by atoms with Crippen LogP contribution in [-0.4, -0.2) is 10.4 Å². The van der Waals surface area contributed by atoms with Crippen LogP contribution in [0, 0.1) is 0 Å². The Labute approximate surface area is 115 Å².